The molecule has 0 aliphatic heterocycles. The van der Waals surface area contributed by atoms with E-state index in [0.717, 1.165) is 24.8 Å². The van der Waals surface area contributed by atoms with E-state index in [1.165, 1.54) is 15.8 Å². The average Bonchev–Trinajstić information content (AvgIpc) is 3.02. The minimum absolute atomic E-state index is 0.00752. The summed E-state index contributed by atoms with van der Waals surface area (Å²) in [4.78, 5) is 28.7. The number of rotatable bonds is 10. The predicted molar refractivity (Wildman–Crippen MR) is 98.4 cm³/mol. The number of aromatic amines is 1. The number of fused-ring (bicyclic) bond motifs is 1. The van der Waals surface area contributed by atoms with Gasteiger partial charge < -0.3 is 19.9 Å². The van der Waals surface area contributed by atoms with Crippen LogP contribution in [0.1, 0.15) is 24.8 Å². The van der Waals surface area contributed by atoms with Gasteiger partial charge in [-0.3, -0.25) is 9.59 Å². The van der Waals surface area contributed by atoms with Crippen molar-refractivity contribution < 1.29 is 14.3 Å². The molecule has 2 amide bonds. The maximum atomic E-state index is 12.2. The summed E-state index contributed by atoms with van der Waals surface area (Å²) in [6.45, 7) is 1.27. The molecular weight excluding hydrogens is 318 g/mol. The Morgan fingerprint density at radius 3 is 2.84 bits per heavy atom. The van der Waals surface area contributed by atoms with Gasteiger partial charge in [-0.25, -0.2) is 0 Å². The molecule has 2 rings (SSSR count). The monoisotopic (exact) mass is 345 g/mol. The first kappa shape index (κ1) is 19.0. The zero-order valence-corrected chi connectivity index (χ0v) is 15.0. The molecule has 0 spiro atoms. The summed E-state index contributed by atoms with van der Waals surface area (Å²) in [5, 5.41) is 3.99. The molecule has 0 radical (unpaired) electrons. The zero-order valence-electron chi connectivity index (χ0n) is 15.0. The fraction of sp³-hybridized carbons (Fsp3) is 0.474. The maximum Gasteiger partial charge on any atom is 0.239 e. The lowest BCUT2D eigenvalue weighted by Crippen LogP contribution is -2.38. The summed E-state index contributed by atoms with van der Waals surface area (Å²) >= 11 is 0. The SMILES string of the molecule is COCCCNC(=O)CN(C)C(=O)CCCc1c[nH]c2ccccc12. The predicted octanol–water partition coefficient (Wildman–Crippen LogP) is 2.10. The molecule has 1 aromatic heterocycles. The number of nitrogens with one attached hydrogen (secondary N) is 2. The lowest BCUT2D eigenvalue weighted by molar-refractivity contribution is -0.134. The number of ether oxygens (including phenoxy) is 1. The van der Waals surface area contributed by atoms with E-state index in [2.05, 4.69) is 16.4 Å². The fourth-order valence-corrected chi connectivity index (χ4v) is 2.76. The third kappa shape index (κ3) is 5.90. The highest BCUT2D eigenvalue weighted by Gasteiger charge is 2.13. The van der Waals surface area contributed by atoms with Crippen LogP contribution in [0.4, 0.5) is 0 Å². The molecule has 0 saturated heterocycles. The highest BCUT2D eigenvalue weighted by molar-refractivity contribution is 5.85. The third-order valence-electron chi connectivity index (χ3n) is 4.17. The van der Waals surface area contributed by atoms with Crippen LogP contribution in [-0.2, 0) is 20.7 Å². The molecule has 2 aromatic rings. The smallest absolute Gasteiger partial charge is 0.239 e. The molecule has 0 aliphatic rings. The summed E-state index contributed by atoms with van der Waals surface area (Å²) in [7, 11) is 3.30. The second-order valence-corrected chi connectivity index (χ2v) is 6.16. The number of methoxy groups -OCH3 is 1. The van der Waals surface area contributed by atoms with Gasteiger partial charge in [0.1, 0.15) is 0 Å². The zero-order chi connectivity index (χ0) is 18.1. The Morgan fingerprint density at radius 2 is 2.04 bits per heavy atom. The van der Waals surface area contributed by atoms with Gasteiger partial charge in [0.15, 0.2) is 0 Å². The molecule has 2 N–H and O–H groups in total. The summed E-state index contributed by atoms with van der Waals surface area (Å²) in [5.74, 6) is -0.143. The Hall–Kier alpha value is -2.34. The van der Waals surface area contributed by atoms with Gasteiger partial charge in [-0.05, 0) is 30.9 Å². The van der Waals surface area contributed by atoms with Gasteiger partial charge in [-0.2, -0.15) is 0 Å². The highest BCUT2D eigenvalue weighted by Crippen LogP contribution is 2.19. The van der Waals surface area contributed by atoms with Crippen LogP contribution in [0.15, 0.2) is 30.5 Å². The lowest BCUT2D eigenvalue weighted by Gasteiger charge is -2.16. The number of carbonyl (C=O) groups excluding carboxylic acids is 2. The molecule has 1 aromatic carbocycles. The maximum absolute atomic E-state index is 12.2. The quantitative estimate of drug-likeness (QED) is 0.648. The molecule has 0 bridgehead atoms. The van der Waals surface area contributed by atoms with Gasteiger partial charge >= 0.3 is 0 Å². The van der Waals surface area contributed by atoms with E-state index < -0.39 is 0 Å². The van der Waals surface area contributed by atoms with Crippen molar-refractivity contribution in [1.82, 2.24) is 15.2 Å². The molecule has 0 atom stereocenters. The largest absolute Gasteiger partial charge is 0.385 e. The van der Waals surface area contributed by atoms with E-state index in [-0.39, 0.29) is 18.4 Å². The number of aryl methyl sites for hydroxylation is 1. The third-order valence-corrected chi connectivity index (χ3v) is 4.17. The summed E-state index contributed by atoms with van der Waals surface area (Å²) in [6.07, 6.45) is 4.82. The van der Waals surface area contributed by atoms with Gasteiger partial charge in [-0.1, -0.05) is 18.2 Å². The van der Waals surface area contributed by atoms with Gasteiger partial charge in [-0.15, -0.1) is 0 Å². The minimum Gasteiger partial charge on any atom is -0.385 e. The molecule has 0 saturated carbocycles. The number of benzene rings is 1. The van der Waals surface area contributed by atoms with Crippen molar-refractivity contribution in [1.29, 1.82) is 0 Å². The standard InChI is InChI=1S/C19H27N3O3/c1-22(14-18(23)20-11-6-12-25-2)19(24)10-5-7-15-13-21-17-9-4-3-8-16(15)17/h3-4,8-9,13,21H,5-7,10-12,14H2,1-2H3,(H,20,23). The Bertz CT molecular complexity index is 696. The molecule has 6 nitrogen and oxygen atoms in total. The van der Waals surface area contributed by atoms with Gasteiger partial charge in [0.25, 0.3) is 0 Å². The van der Waals surface area contributed by atoms with E-state index in [1.807, 2.05) is 24.4 Å². The van der Waals surface area contributed by atoms with Crippen molar-refractivity contribution in [2.45, 2.75) is 25.7 Å². The summed E-state index contributed by atoms with van der Waals surface area (Å²) in [5.41, 5.74) is 2.34. The molecule has 136 valence electrons. The number of nitrogens with zero attached hydrogens (tertiary/aromatic N) is 1. The topological polar surface area (TPSA) is 74.4 Å². The summed E-state index contributed by atoms with van der Waals surface area (Å²) < 4.78 is 4.93. The van der Waals surface area contributed by atoms with Gasteiger partial charge in [0.05, 0.1) is 6.54 Å². The minimum atomic E-state index is -0.136. The van der Waals surface area contributed by atoms with Crippen molar-refractivity contribution >= 4 is 22.7 Å². The van der Waals surface area contributed by atoms with E-state index in [1.54, 1.807) is 14.2 Å². The first-order chi connectivity index (χ1) is 12.1. The first-order valence-electron chi connectivity index (χ1n) is 8.66. The van der Waals surface area contributed by atoms with Crippen molar-refractivity contribution in [3.05, 3.63) is 36.0 Å². The van der Waals surface area contributed by atoms with Crippen LogP contribution >= 0.6 is 0 Å². The fourth-order valence-electron chi connectivity index (χ4n) is 2.76. The van der Waals surface area contributed by atoms with Crippen LogP contribution in [0.2, 0.25) is 0 Å². The Kier molecular flexibility index (Phi) is 7.47. The van der Waals surface area contributed by atoms with Crippen LogP contribution in [0.25, 0.3) is 10.9 Å². The van der Waals surface area contributed by atoms with Crippen molar-refractivity contribution in [3.63, 3.8) is 0 Å². The number of hydrogen-bond donors (Lipinski definition) is 2. The number of hydrogen-bond acceptors (Lipinski definition) is 3. The van der Waals surface area contributed by atoms with E-state index in [9.17, 15) is 9.59 Å². The first-order valence-corrected chi connectivity index (χ1v) is 8.66. The molecule has 25 heavy (non-hydrogen) atoms. The van der Waals surface area contributed by atoms with Gasteiger partial charge in [0.2, 0.25) is 11.8 Å². The molecule has 6 heteroatoms. The lowest BCUT2D eigenvalue weighted by atomic mass is 10.1. The van der Waals surface area contributed by atoms with Crippen LogP contribution in [-0.4, -0.2) is 55.6 Å². The van der Waals surface area contributed by atoms with Crippen LogP contribution in [0.5, 0.6) is 0 Å². The molecule has 0 unspecified atom stereocenters. The number of para-hydroxylation sites is 1. The Balaban J connectivity index is 1.69. The second-order valence-electron chi connectivity index (χ2n) is 6.16. The van der Waals surface area contributed by atoms with E-state index >= 15 is 0 Å². The van der Waals surface area contributed by atoms with E-state index in [4.69, 9.17) is 4.74 Å². The number of aromatic nitrogens is 1. The Labute approximate surface area is 148 Å². The van der Waals surface area contributed by atoms with Crippen LogP contribution in [0, 0.1) is 0 Å². The van der Waals surface area contributed by atoms with Crippen LogP contribution < -0.4 is 5.32 Å². The van der Waals surface area contributed by atoms with Gasteiger partial charge in [0, 0.05) is 50.8 Å². The number of H-pyrrole nitrogens is 1. The van der Waals surface area contributed by atoms with Crippen molar-refractivity contribution in [2.75, 3.05) is 33.9 Å². The number of amides is 2. The average molecular weight is 345 g/mol. The van der Waals surface area contributed by atoms with Crippen molar-refractivity contribution in [2.24, 2.45) is 0 Å². The normalized spacial score (nSPS) is 10.8. The number of carbonyl (C=O) groups is 2. The molecule has 0 fully saturated rings. The Morgan fingerprint density at radius 1 is 1.24 bits per heavy atom. The van der Waals surface area contributed by atoms with Crippen LogP contribution in [0.3, 0.4) is 0 Å². The molecule has 1 heterocycles. The highest BCUT2D eigenvalue weighted by atomic mass is 16.5. The summed E-state index contributed by atoms with van der Waals surface area (Å²) in [6, 6.07) is 8.15. The molecular formula is C19H27N3O3. The number of likely N-dealkylation sites (N-methyl/N-ethyl adjacent to an activating group) is 1. The van der Waals surface area contributed by atoms with Crippen molar-refractivity contribution in [3.8, 4) is 0 Å². The van der Waals surface area contributed by atoms with E-state index in [0.29, 0.717) is 19.6 Å². The second kappa shape index (κ2) is 9.84. The molecule has 0 aliphatic carbocycles.